The fourth-order valence-electron chi connectivity index (χ4n) is 3.39. The summed E-state index contributed by atoms with van der Waals surface area (Å²) in [6.07, 6.45) is 0. The Morgan fingerprint density at radius 3 is 2.33 bits per heavy atom. The molecule has 5 nitrogen and oxygen atoms in total. The van der Waals surface area contributed by atoms with Gasteiger partial charge in [0, 0.05) is 27.7 Å². The molecule has 0 saturated heterocycles. The predicted octanol–water partition coefficient (Wildman–Crippen LogP) is 6.04. The Morgan fingerprint density at radius 2 is 1.59 bits per heavy atom. The highest BCUT2D eigenvalue weighted by molar-refractivity contribution is 9.10. The van der Waals surface area contributed by atoms with Crippen LogP contribution in [-0.2, 0) is 0 Å². The molecule has 0 fully saturated rings. The molecule has 0 amide bonds. The number of hydrogen-bond donors (Lipinski definition) is 1. The highest BCUT2D eigenvalue weighted by Crippen LogP contribution is 2.45. The van der Waals surface area contributed by atoms with Gasteiger partial charge in [-0.3, -0.25) is 10.1 Å². The highest BCUT2D eigenvalue weighted by atomic mass is 79.9. The van der Waals surface area contributed by atoms with Crippen LogP contribution in [0.15, 0.2) is 65.1 Å². The molecular weight excluding hydrogens is 410 g/mol. The zero-order valence-corrected chi connectivity index (χ0v) is 15.9. The number of nitro groups is 1. The average molecular weight is 424 g/mol. The summed E-state index contributed by atoms with van der Waals surface area (Å²) in [7, 11) is 1.56. The van der Waals surface area contributed by atoms with Gasteiger partial charge in [-0.15, -0.1) is 0 Å². The van der Waals surface area contributed by atoms with Crippen LogP contribution >= 0.6 is 15.9 Å². The molecule has 0 atom stereocenters. The number of benzene rings is 4. The molecule has 0 saturated carbocycles. The van der Waals surface area contributed by atoms with Crippen molar-refractivity contribution in [3.63, 3.8) is 0 Å². The van der Waals surface area contributed by atoms with Crippen molar-refractivity contribution < 1.29 is 14.8 Å². The number of phenols is 1. The van der Waals surface area contributed by atoms with Crippen molar-refractivity contribution in [3.8, 4) is 22.6 Å². The van der Waals surface area contributed by atoms with Gasteiger partial charge in [0.05, 0.1) is 12.0 Å². The zero-order chi connectivity index (χ0) is 19.1. The van der Waals surface area contributed by atoms with Gasteiger partial charge >= 0.3 is 0 Å². The summed E-state index contributed by atoms with van der Waals surface area (Å²) in [5.74, 6) is 0.705. The summed E-state index contributed by atoms with van der Waals surface area (Å²) in [6, 6.07) is 17.5. The normalized spacial score (nSPS) is 11.0. The zero-order valence-electron chi connectivity index (χ0n) is 14.3. The standard InChI is InChI=1S/C21H14BrNO4/c1-27-19-9-3-13-11-15(23(25)26)5-7-17(13)21(19)20-16-6-4-14(22)10-12(16)2-8-18(20)24/h2-11,24H,1H3. The van der Waals surface area contributed by atoms with Crippen LogP contribution in [0.2, 0.25) is 0 Å². The Morgan fingerprint density at radius 1 is 0.926 bits per heavy atom. The third-order valence-corrected chi connectivity index (χ3v) is 5.10. The van der Waals surface area contributed by atoms with Gasteiger partial charge in [0.1, 0.15) is 11.5 Å². The molecule has 4 aromatic carbocycles. The summed E-state index contributed by atoms with van der Waals surface area (Å²) in [4.78, 5) is 10.7. The Labute approximate surface area is 163 Å². The van der Waals surface area contributed by atoms with Crippen molar-refractivity contribution in [2.45, 2.75) is 0 Å². The molecule has 4 aromatic rings. The van der Waals surface area contributed by atoms with Crippen molar-refractivity contribution in [1.29, 1.82) is 0 Å². The fraction of sp³-hybridized carbons (Fsp3) is 0.0476. The van der Waals surface area contributed by atoms with Gasteiger partial charge in [-0.25, -0.2) is 0 Å². The first kappa shape index (κ1) is 17.3. The van der Waals surface area contributed by atoms with E-state index in [0.717, 1.165) is 20.6 Å². The third-order valence-electron chi connectivity index (χ3n) is 4.61. The van der Waals surface area contributed by atoms with E-state index in [1.807, 2.05) is 24.3 Å². The quantitative estimate of drug-likeness (QED) is 0.321. The van der Waals surface area contributed by atoms with Gasteiger partial charge in [-0.1, -0.05) is 34.1 Å². The van der Waals surface area contributed by atoms with E-state index in [2.05, 4.69) is 15.9 Å². The number of nitro benzene ring substituents is 1. The maximum atomic E-state index is 11.1. The number of hydrogen-bond acceptors (Lipinski definition) is 4. The topological polar surface area (TPSA) is 72.6 Å². The smallest absolute Gasteiger partial charge is 0.270 e. The minimum atomic E-state index is -0.420. The first-order valence-electron chi connectivity index (χ1n) is 8.16. The number of non-ortho nitro benzene ring substituents is 1. The van der Waals surface area contributed by atoms with Crippen molar-refractivity contribution in [2.75, 3.05) is 7.11 Å². The number of fused-ring (bicyclic) bond motifs is 2. The number of phenolic OH excluding ortho intramolecular Hbond substituents is 1. The number of rotatable bonds is 3. The van der Waals surface area contributed by atoms with Crippen molar-refractivity contribution in [3.05, 3.63) is 75.3 Å². The van der Waals surface area contributed by atoms with E-state index >= 15 is 0 Å². The SMILES string of the molecule is COc1ccc2cc([N+](=O)[O-])ccc2c1-c1c(O)ccc2cc(Br)ccc12. The molecule has 0 aliphatic carbocycles. The number of aromatic hydroxyl groups is 1. The van der Waals surface area contributed by atoms with Crippen LogP contribution < -0.4 is 4.74 Å². The number of methoxy groups -OCH3 is 1. The lowest BCUT2D eigenvalue weighted by molar-refractivity contribution is -0.384. The minimum Gasteiger partial charge on any atom is -0.507 e. The third kappa shape index (κ3) is 2.88. The summed E-state index contributed by atoms with van der Waals surface area (Å²) in [6.45, 7) is 0. The van der Waals surface area contributed by atoms with E-state index in [4.69, 9.17) is 4.74 Å². The second-order valence-electron chi connectivity index (χ2n) is 6.13. The van der Waals surface area contributed by atoms with E-state index in [0.29, 0.717) is 22.3 Å². The van der Waals surface area contributed by atoms with E-state index in [9.17, 15) is 15.2 Å². The van der Waals surface area contributed by atoms with Gasteiger partial charge in [-0.05, 0) is 51.9 Å². The Kier molecular flexibility index (Phi) is 4.20. The Hall–Kier alpha value is -3.12. The molecule has 0 aromatic heterocycles. The molecule has 4 rings (SSSR count). The van der Waals surface area contributed by atoms with Crippen LogP contribution in [0.4, 0.5) is 5.69 Å². The molecule has 6 heteroatoms. The van der Waals surface area contributed by atoms with Crippen LogP contribution in [0.5, 0.6) is 11.5 Å². The lowest BCUT2D eigenvalue weighted by Gasteiger charge is -2.16. The molecule has 1 N–H and O–H groups in total. The van der Waals surface area contributed by atoms with E-state index in [1.54, 1.807) is 31.4 Å². The van der Waals surface area contributed by atoms with Crippen LogP contribution in [0.3, 0.4) is 0 Å². The molecule has 0 aliphatic heterocycles. The molecule has 0 heterocycles. The maximum absolute atomic E-state index is 11.1. The molecule has 134 valence electrons. The summed E-state index contributed by atoms with van der Waals surface area (Å²) in [5.41, 5.74) is 1.36. The van der Waals surface area contributed by atoms with Crippen LogP contribution in [-0.4, -0.2) is 17.1 Å². The monoisotopic (exact) mass is 423 g/mol. The molecule has 27 heavy (non-hydrogen) atoms. The Bertz CT molecular complexity index is 1220. The summed E-state index contributed by atoms with van der Waals surface area (Å²) in [5, 5.41) is 25.1. The van der Waals surface area contributed by atoms with Crippen LogP contribution in [0, 0.1) is 10.1 Å². The summed E-state index contributed by atoms with van der Waals surface area (Å²) >= 11 is 3.47. The fourth-order valence-corrected chi connectivity index (χ4v) is 3.77. The second-order valence-corrected chi connectivity index (χ2v) is 7.05. The summed E-state index contributed by atoms with van der Waals surface area (Å²) < 4.78 is 6.50. The molecule has 0 unspecified atom stereocenters. The largest absolute Gasteiger partial charge is 0.507 e. The van der Waals surface area contributed by atoms with Gasteiger partial charge in [-0.2, -0.15) is 0 Å². The molecule has 0 spiro atoms. The highest BCUT2D eigenvalue weighted by Gasteiger charge is 2.19. The molecule has 0 aliphatic rings. The van der Waals surface area contributed by atoms with Gasteiger partial charge < -0.3 is 9.84 Å². The van der Waals surface area contributed by atoms with Crippen LogP contribution in [0.1, 0.15) is 0 Å². The lowest BCUT2D eigenvalue weighted by atomic mass is 9.92. The number of ether oxygens (including phenoxy) is 1. The Balaban J connectivity index is 2.13. The van der Waals surface area contributed by atoms with Crippen molar-refractivity contribution in [2.24, 2.45) is 0 Å². The van der Waals surface area contributed by atoms with E-state index in [1.165, 1.54) is 12.1 Å². The maximum Gasteiger partial charge on any atom is 0.270 e. The number of nitrogens with zero attached hydrogens (tertiary/aromatic N) is 1. The average Bonchev–Trinajstić information content (AvgIpc) is 2.67. The predicted molar refractivity (Wildman–Crippen MR) is 109 cm³/mol. The second kappa shape index (κ2) is 6.55. The van der Waals surface area contributed by atoms with Gasteiger partial charge in [0.2, 0.25) is 0 Å². The van der Waals surface area contributed by atoms with E-state index in [-0.39, 0.29) is 11.4 Å². The number of halogens is 1. The molecule has 0 bridgehead atoms. The molecular formula is C21H14BrNO4. The molecule has 0 radical (unpaired) electrons. The van der Waals surface area contributed by atoms with Gasteiger partial charge in [0.25, 0.3) is 5.69 Å². The first-order valence-corrected chi connectivity index (χ1v) is 8.95. The minimum absolute atomic E-state index is 0.0182. The first-order chi connectivity index (χ1) is 13.0. The van der Waals surface area contributed by atoms with Crippen LogP contribution in [0.25, 0.3) is 32.7 Å². The van der Waals surface area contributed by atoms with Gasteiger partial charge in [0.15, 0.2) is 0 Å². The van der Waals surface area contributed by atoms with Crippen molar-refractivity contribution in [1.82, 2.24) is 0 Å². The lowest BCUT2D eigenvalue weighted by Crippen LogP contribution is -1.93. The van der Waals surface area contributed by atoms with Crippen molar-refractivity contribution >= 4 is 43.2 Å². The van der Waals surface area contributed by atoms with E-state index < -0.39 is 4.92 Å².